The molecule has 1 aliphatic heterocycles. The second-order valence-corrected chi connectivity index (χ2v) is 6.49. The Morgan fingerprint density at radius 3 is 2.43 bits per heavy atom. The van der Waals surface area contributed by atoms with Crippen molar-refractivity contribution in [1.29, 1.82) is 0 Å². The van der Waals surface area contributed by atoms with Gasteiger partial charge in [-0.1, -0.05) is 0 Å². The topological polar surface area (TPSA) is 58.6 Å². The van der Waals surface area contributed by atoms with Gasteiger partial charge in [0, 0.05) is 18.0 Å². The molecule has 0 bridgehead atoms. The largest absolute Gasteiger partial charge is 0.507 e. The smallest absolute Gasteiger partial charge is 0.264 e. The molecule has 0 radical (unpaired) electrons. The summed E-state index contributed by atoms with van der Waals surface area (Å²) in [7, 11) is 0. The molecule has 4 heteroatoms. The maximum Gasteiger partial charge on any atom is 0.264 e. The van der Waals surface area contributed by atoms with Crippen molar-refractivity contribution in [3.8, 4) is 11.5 Å². The minimum Gasteiger partial charge on any atom is -0.507 e. The van der Waals surface area contributed by atoms with Gasteiger partial charge in [-0.3, -0.25) is 4.79 Å². The third-order valence-corrected chi connectivity index (χ3v) is 4.42. The summed E-state index contributed by atoms with van der Waals surface area (Å²) < 4.78 is 6.11. The number of carbonyl (C=O) groups excluding carboxylic acids is 1. The zero-order valence-corrected chi connectivity index (χ0v) is 13.8. The number of benzene rings is 1. The lowest BCUT2D eigenvalue weighted by molar-refractivity contribution is -0.137. The van der Waals surface area contributed by atoms with Gasteiger partial charge in [0.1, 0.15) is 11.5 Å². The molecule has 1 aromatic carbocycles. The summed E-state index contributed by atoms with van der Waals surface area (Å²) in [6, 6.07) is 0.0868. The van der Waals surface area contributed by atoms with Gasteiger partial charge in [0.25, 0.3) is 5.91 Å². The van der Waals surface area contributed by atoms with Crippen LogP contribution in [0.4, 0.5) is 0 Å². The van der Waals surface area contributed by atoms with Gasteiger partial charge in [0.2, 0.25) is 0 Å². The second kappa shape index (κ2) is 5.24. The van der Waals surface area contributed by atoms with Crippen LogP contribution in [0, 0.1) is 20.8 Å². The van der Waals surface area contributed by atoms with Crippen LogP contribution in [0.25, 0.3) is 0 Å². The predicted molar refractivity (Wildman–Crippen MR) is 83.0 cm³/mol. The Morgan fingerprint density at radius 2 is 1.86 bits per heavy atom. The third-order valence-electron chi connectivity index (χ3n) is 4.42. The van der Waals surface area contributed by atoms with E-state index in [1.165, 1.54) is 0 Å². The van der Waals surface area contributed by atoms with Crippen LogP contribution in [0.3, 0.4) is 0 Å². The van der Waals surface area contributed by atoms with E-state index in [1.807, 2.05) is 41.5 Å². The van der Waals surface area contributed by atoms with E-state index >= 15 is 0 Å². The van der Waals surface area contributed by atoms with Gasteiger partial charge < -0.3 is 15.2 Å². The average molecular weight is 291 g/mol. The molecule has 0 aromatic heterocycles. The molecule has 0 saturated carbocycles. The highest BCUT2D eigenvalue weighted by atomic mass is 16.5. The number of fused-ring (bicyclic) bond motifs is 1. The molecular weight excluding hydrogens is 266 g/mol. The first-order valence-corrected chi connectivity index (χ1v) is 7.49. The van der Waals surface area contributed by atoms with Crippen LogP contribution < -0.4 is 10.1 Å². The van der Waals surface area contributed by atoms with Gasteiger partial charge in [0.15, 0.2) is 5.60 Å². The van der Waals surface area contributed by atoms with Crippen LogP contribution in [0.2, 0.25) is 0 Å². The summed E-state index contributed by atoms with van der Waals surface area (Å²) in [4.78, 5) is 12.4. The molecule has 1 heterocycles. The van der Waals surface area contributed by atoms with Crippen LogP contribution in [0.5, 0.6) is 11.5 Å². The molecule has 0 saturated heterocycles. The van der Waals surface area contributed by atoms with Crippen molar-refractivity contribution in [2.75, 3.05) is 0 Å². The Hall–Kier alpha value is -1.71. The number of phenols is 1. The van der Waals surface area contributed by atoms with Crippen molar-refractivity contribution in [1.82, 2.24) is 5.32 Å². The van der Waals surface area contributed by atoms with E-state index < -0.39 is 5.60 Å². The standard InChI is InChI=1S/C17H25NO3/c1-9(2)18-16(20)17(6)8-7-13-12(5)14(19)10(3)11(4)15(13)21-17/h9,19H,7-8H2,1-6H3,(H,18,20). The van der Waals surface area contributed by atoms with Crippen molar-refractivity contribution in [2.24, 2.45) is 0 Å². The Kier molecular flexibility index (Phi) is 3.91. The predicted octanol–water partition coefficient (Wildman–Crippen LogP) is 2.93. The average Bonchev–Trinajstić information content (AvgIpc) is 2.42. The Bertz CT molecular complexity index is 592. The van der Waals surface area contributed by atoms with Crippen LogP contribution in [0.15, 0.2) is 0 Å². The fourth-order valence-electron chi connectivity index (χ4n) is 2.82. The van der Waals surface area contributed by atoms with Crippen LogP contribution in [-0.2, 0) is 11.2 Å². The number of hydrogen-bond acceptors (Lipinski definition) is 3. The van der Waals surface area contributed by atoms with E-state index in [4.69, 9.17) is 4.74 Å². The molecule has 0 aliphatic carbocycles. The Labute approximate surface area is 126 Å². The number of rotatable bonds is 2. The van der Waals surface area contributed by atoms with Crippen molar-refractivity contribution < 1.29 is 14.6 Å². The molecule has 1 amide bonds. The summed E-state index contributed by atoms with van der Waals surface area (Å²) in [6.45, 7) is 11.4. The summed E-state index contributed by atoms with van der Waals surface area (Å²) >= 11 is 0. The summed E-state index contributed by atoms with van der Waals surface area (Å²) in [5.74, 6) is 1.02. The first-order valence-electron chi connectivity index (χ1n) is 7.49. The minimum absolute atomic E-state index is 0.0778. The molecule has 21 heavy (non-hydrogen) atoms. The van der Waals surface area contributed by atoms with E-state index in [2.05, 4.69) is 5.32 Å². The summed E-state index contributed by atoms with van der Waals surface area (Å²) in [5.41, 5.74) is 2.76. The molecule has 4 nitrogen and oxygen atoms in total. The molecule has 2 rings (SSSR count). The highest BCUT2D eigenvalue weighted by Crippen LogP contribution is 2.43. The number of nitrogens with one attached hydrogen (secondary N) is 1. The summed E-state index contributed by atoms with van der Waals surface area (Å²) in [6.07, 6.45) is 1.35. The Balaban J connectivity index is 2.43. The molecule has 1 atom stereocenters. The fraction of sp³-hybridized carbons (Fsp3) is 0.588. The highest BCUT2D eigenvalue weighted by molar-refractivity contribution is 5.86. The van der Waals surface area contributed by atoms with Crippen LogP contribution in [-0.4, -0.2) is 22.7 Å². The summed E-state index contributed by atoms with van der Waals surface area (Å²) in [5, 5.41) is 13.1. The lowest BCUT2D eigenvalue weighted by Gasteiger charge is -2.37. The zero-order valence-electron chi connectivity index (χ0n) is 13.8. The first kappa shape index (κ1) is 15.7. The lowest BCUT2D eigenvalue weighted by atomic mass is 9.86. The van der Waals surface area contributed by atoms with E-state index in [1.54, 1.807) is 0 Å². The molecule has 1 aromatic rings. The van der Waals surface area contributed by atoms with Gasteiger partial charge in [-0.15, -0.1) is 0 Å². The number of amides is 1. The molecule has 116 valence electrons. The number of hydrogen-bond donors (Lipinski definition) is 2. The minimum atomic E-state index is -0.849. The van der Waals surface area contributed by atoms with Gasteiger partial charge in [-0.25, -0.2) is 0 Å². The van der Waals surface area contributed by atoms with E-state index in [-0.39, 0.29) is 11.9 Å². The third kappa shape index (κ3) is 2.59. The quantitative estimate of drug-likeness (QED) is 0.881. The van der Waals surface area contributed by atoms with Gasteiger partial charge in [-0.2, -0.15) is 0 Å². The molecule has 2 N–H and O–H groups in total. The number of ether oxygens (including phenoxy) is 1. The van der Waals surface area contributed by atoms with E-state index in [0.717, 1.165) is 34.4 Å². The SMILES string of the molecule is Cc1c(C)c2c(c(C)c1O)CCC(C)(C(=O)NC(C)C)O2. The normalized spacial score (nSPS) is 20.9. The molecular formula is C17H25NO3. The highest BCUT2D eigenvalue weighted by Gasteiger charge is 2.40. The Morgan fingerprint density at radius 1 is 1.24 bits per heavy atom. The lowest BCUT2D eigenvalue weighted by Crippen LogP contribution is -2.52. The molecule has 0 fully saturated rings. The van der Waals surface area contributed by atoms with Crippen molar-refractivity contribution >= 4 is 5.91 Å². The molecule has 1 aliphatic rings. The maximum atomic E-state index is 12.4. The molecule has 0 spiro atoms. The van der Waals surface area contributed by atoms with Crippen molar-refractivity contribution in [3.63, 3.8) is 0 Å². The van der Waals surface area contributed by atoms with Gasteiger partial charge in [-0.05, 0) is 64.7 Å². The fourth-order valence-corrected chi connectivity index (χ4v) is 2.82. The number of phenolic OH excluding ortho intramolecular Hbond substituents is 1. The van der Waals surface area contributed by atoms with Gasteiger partial charge in [0.05, 0.1) is 0 Å². The van der Waals surface area contributed by atoms with Crippen LogP contribution >= 0.6 is 0 Å². The second-order valence-electron chi connectivity index (χ2n) is 6.49. The first-order chi connectivity index (χ1) is 9.67. The monoisotopic (exact) mass is 291 g/mol. The van der Waals surface area contributed by atoms with Gasteiger partial charge >= 0.3 is 0 Å². The zero-order chi connectivity index (χ0) is 15.9. The van der Waals surface area contributed by atoms with Crippen molar-refractivity contribution in [2.45, 2.75) is 66.0 Å². The van der Waals surface area contributed by atoms with Crippen molar-refractivity contribution in [3.05, 3.63) is 22.3 Å². The maximum absolute atomic E-state index is 12.4. The molecule has 1 unspecified atom stereocenters. The number of aromatic hydroxyl groups is 1. The number of carbonyl (C=O) groups is 1. The van der Waals surface area contributed by atoms with E-state index in [0.29, 0.717) is 12.2 Å². The van der Waals surface area contributed by atoms with E-state index in [9.17, 15) is 9.90 Å². The van der Waals surface area contributed by atoms with Crippen LogP contribution in [0.1, 0.15) is 49.4 Å².